The molecule has 1 aromatic heterocycles. The zero-order chi connectivity index (χ0) is 12.7. The predicted octanol–water partition coefficient (Wildman–Crippen LogP) is 2.27. The van der Waals surface area contributed by atoms with Crippen LogP contribution in [0, 0.1) is 0 Å². The summed E-state index contributed by atoms with van der Waals surface area (Å²) in [5.74, 6) is 2.37. The first-order valence-corrected chi connectivity index (χ1v) is 6.06. The molecule has 1 atom stereocenters. The van der Waals surface area contributed by atoms with Crippen LogP contribution in [0.1, 0.15) is 33.0 Å². The molecular formula is C12H22N4O. The van der Waals surface area contributed by atoms with Crippen LogP contribution in [-0.4, -0.2) is 29.7 Å². The van der Waals surface area contributed by atoms with Gasteiger partial charge in [-0.15, -0.1) is 0 Å². The summed E-state index contributed by atoms with van der Waals surface area (Å²) in [7, 11) is 1.64. The van der Waals surface area contributed by atoms with Gasteiger partial charge in [-0.25, -0.2) is 9.97 Å². The Hall–Kier alpha value is -1.36. The molecule has 0 amide bonds. The molecule has 0 fully saturated rings. The fraction of sp³-hybridized carbons (Fsp3) is 0.667. The average Bonchev–Trinajstić information content (AvgIpc) is 2.29. The second kappa shape index (κ2) is 7.06. The zero-order valence-electron chi connectivity index (χ0n) is 11.1. The molecule has 2 N–H and O–H groups in total. The molecule has 0 aliphatic carbocycles. The Morgan fingerprint density at radius 1 is 1.29 bits per heavy atom. The van der Waals surface area contributed by atoms with Crippen molar-refractivity contribution >= 4 is 11.6 Å². The molecule has 17 heavy (non-hydrogen) atoms. The van der Waals surface area contributed by atoms with Gasteiger partial charge < -0.3 is 15.4 Å². The van der Waals surface area contributed by atoms with Gasteiger partial charge in [-0.1, -0.05) is 6.92 Å². The minimum atomic E-state index is 0.398. The molecule has 0 aliphatic heterocycles. The number of anilines is 2. The summed E-state index contributed by atoms with van der Waals surface area (Å²) in [5, 5.41) is 6.53. The highest BCUT2D eigenvalue weighted by Gasteiger charge is 2.06. The van der Waals surface area contributed by atoms with Crippen molar-refractivity contribution in [2.75, 3.05) is 24.3 Å². The highest BCUT2D eigenvalue weighted by Crippen LogP contribution is 2.13. The van der Waals surface area contributed by atoms with E-state index in [2.05, 4.69) is 34.4 Å². The Balaban J connectivity index is 2.86. The van der Waals surface area contributed by atoms with Gasteiger partial charge in [0.15, 0.2) is 5.82 Å². The minimum Gasteiger partial charge on any atom is -0.377 e. The molecule has 96 valence electrons. The van der Waals surface area contributed by atoms with Crippen LogP contribution in [0.5, 0.6) is 0 Å². The third kappa shape index (κ3) is 4.56. The zero-order valence-corrected chi connectivity index (χ0v) is 11.1. The second-order valence-electron chi connectivity index (χ2n) is 3.97. The number of hydrogen-bond acceptors (Lipinski definition) is 5. The van der Waals surface area contributed by atoms with Crippen molar-refractivity contribution in [3.8, 4) is 0 Å². The smallest absolute Gasteiger partial charge is 0.158 e. The minimum absolute atomic E-state index is 0.398. The van der Waals surface area contributed by atoms with Crippen molar-refractivity contribution in [1.82, 2.24) is 9.97 Å². The summed E-state index contributed by atoms with van der Waals surface area (Å²) in [6.45, 7) is 7.58. The van der Waals surface area contributed by atoms with Crippen LogP contribution < -0.4 is 10.6 Å². The largest absolute Gasteiger partial charge is 0.377 e. The molecule has 1 aromatic rings. The van der Waals surface area contributed by atoms with Crippen LogP contribution in [0.3, 0.4) is 0 Å². The van der Waals surface area contributed by atoms with Gasteiger partial charge in [0.2, 0.25) is 0 Å². The van der Waals surface area contributed by atoms with Gasteiger partial charge in [0.25, 0.3) is 0 Å². The maximum atomic E-state index is 5.07. The number of nitrogens with zero attached hydrogens (tertiary/aromatic N) is 2. The van der Waals surface area contributed by atoms with Gasteiger partial charge in [0, 0.05) is 25.8 Å². The molecule has 0 bridgehead atoms. The van der Waals surface area contributed by atoms with E-state index >= 15 is 0 Å². The normalized spacial score (nSPS) is 12.2. The van der Waals surface area contributed by atoms with Gasteiger partial charge in [-0.3, -0.25) is 0 Å². The molecule has 5 nitrogen and oxygen atoms in total. The molecule has 0 spiro atoms. The van der Waals surface area contributed by atoms with E-state index in [0.717, 1.165) is 24.6 Å². The standard InChI is InChI=1S/C12H22N4O/c1-5-9(3)14-11-7-10(13-6-2)15-12(16-11)8-17-4/h7,9H,5-6,8H2,1-4H3,(H2,13,14,15,16). The van der Waals surface area contributed by atoms with Crippen LogP contribution in [0.25, 0.3) is 0 Å². The van der Waals surface area contributed by atoms with E-state index in [1.807, 2.05) is 13.0 Å². The van der Waals surface area contributed by atoms with E-state index in [1.165, 1.54) is 0 Å². The summed E-state index contributed by atoms with van der Waals surface area (Å²) in [6.07, 6.45) is 1.06. The number of nitrogens with one attached hydrogen (secondary N) is 2. The molecule has 0 radical (unpaired) electrons. The number of methoxy groups -OCH3 is 1. The summed E-state index contributed by atoms with van der Waals surface area (Å²) in [5.41, 5.74) is 0. The third-order valence-electron chi connectivity index (χ3n) is 2.41. The first kappa shape index (κ1) is 13.7. The van der Waals surface area contributed by atoms with Crippen LogP contribution in [0.4, 0.5) is 11.6 Å². The lowest BCUT2D eigenvalue weighted by molar-refractivity contribution is 0.178. The molecule has 1 heterocycles. The van der Waals surface area contributed by atoms with Gasteiger partial charge >= 0.3 is 0 Å². The van der Waals surface area contributed by atoms with E-state index in [9.17, 15) is 0 Å². The first-order chi connectivity index (χ1) is 8.19. The maximum Gasteiger partial charge on any atom is 0.158 e. The van der Waals surface area contributed by atoms with Gasteiger partial charge in [0.1, 0.15) is 18.2 Å². The number of aromatic nitrogens is 2. The highest BCUT2D eigenvalue weighted by molar-refractivity contribution is 5.47. The lowest BCUT2D eigenvalue weighted by Crippen LogP contribution is -2.16. The Morgan fingerprint density at radius 2 is 2.00 bits per heavy atom. The van der Waals surface area contributed by atoms with E-state index in [1.54, 1.807) is 7.11 Å². The quantitative estimate of drug-likeness (QED) is 0.763. The Morgan fingerprint density at radius 3 is 2.59 bits per heavy atom. The van der Waals surface area contributed by atoms with Crippen molar-refractivity contribution in [3.05, 3.63) is 11.9 Å². The molecule has 5 heteroatoms. The van der Waals surface area contributed by atoms with E-state index < -0.39 is 0 Å². The molecule has 0 saturated carbocycles. The first-order valence-electron chi connectivity index (χ1n) is 6.06. The molecule has 1 unspecified atom stereocenters. The molecule has 0 saturated heterocycles. The Labute approximate surface area is 103 Å². The van der Waals surface area contributed by atoms with Crippen LogP contribution in [-0.2, 0) is 11.3 Å². The molecular weight excluding hydrogens is 216 g/mol. The van der Waals surface area contributed by atoms with Crippen molar-refractivity contribution in [3.63, 3.8) is 0 Å². The summed E-state index contributed by atoms with van der Waals surface area (Å²) in [4.78, 5) is 8.76. The fourth-order valence-corrected chi connectivity index (χ4v) is 1.39. The van der Waals surface area contributed by atoms with Gasteiger partial charge in [0.05, 0.1) is 0 Å². The van der Waals surface area contributed by atoms with Crippen LogP contribution >= 0.6 is 0 Å². The van der Waals surface area contributed by atoms with Crippen molar-refractivity contribution in [2.45, 2.75) is 39.8 Å². The van der Waals surface area contributed by atoms with Crippen molar-refractivity contribution < 1.29 is 4.74 Å². The third-order valence-corrected chi connectivity index (χ3v) is 2.41. The monoisotopic (exact) mass is 238 g/mol. The molecule has 0 aliphatic rings. The van der Waals surface area contributed by atoms with Gasteiger partial charge in [-0.05, 0) is 20.3 Å². The summed E-state index contributed by atoms with van der Waals surface area (Å²) < 4.78 is 5.07. The Bertz CT molecular complexity index is 319. The van der Waals surface area contributed by atoms with E-state index in [-0.39, 0.29) is 0 Å². The molecule has 0 aromatic carbocycles. The summed E-state index contributed by atoms with van der Waals surface area (Å²) >= 11 is 0. The highest BCUT2D eigenvalue weighted by atomic mass is 16.5. The summed E-state index contributed by atoms with van der Waals surface area (Å²) in [6, 6.07) is 2.32. The van der Waals surface area contributed by atoms with Crippen LogP contribution in [0.15, 0.2) is 6.07 Å². The topological polar surface area (TPSA) is 59.1 Å². The molecule has 1 rings (SSSR count). The van der Waals surface area contributed by atoms with E-state index in [0.29, 0.717) is 18.5 Å². The predicted molar refractivity (Wildman–Crippen MR) is 70.3 cm³/mol. The number of hydrogen-bond donors (Lipinski definition) is 2. The van der Waals surface area contributed by atoms with Crippen LogP contribution in [0.2, 0.25) is 0 Å². The van der Waals surface area contributed by atoms with Crippen molar-refractivity contribution in [1.29, 1.82) is 0 Å². The lowest BCUT2D eigenvalue weighted by Gasteiger charge is -2.14. The van der Waals surface area contributed by atoms with E-state index in [4.69, 9.17) is 4.74 Å². The number of ether oxygens (including phenoxy) is 1. The fourth-order valence-electron chi connectivity index (χ4n) is 1.39. The van der Waals surface area contributed by atoms with Crippen molar-refractivity contribution in [2.24, 2.45) is 0 Å². The maximum absolute atomic E-state index is 5.07. The van der Waals surface area contributed by atoms with Gasteiger partial charge in [-0.2, -0.15) is 0 Å². The second-order valence-corrected chi connectivity index (χ2v) is 3.97. The number of rotatable bonds is 7. The Kier molecular flexibility index (Phi) is 5.69. The average molecular weight is 238 g/mol. The lowest BCUT2D eigenvalue weighted by atomic mass is 10.2. The SMILES string of the molecule is CCNc1cc(NC(C)CC)nc(COC)n1.